The maximum atomic E-state index is 5.79. The zero-order valence-corrected chi connectivity index (χ0v) is 8.51. The average Bonchev–Trinajstić information content (AvgIpc) is 2.85. The van der Waals surface area contributed by atoms with Gasteiger partial charge in [-0.3, -0.25) is 0 Å². The van der Waals surface area contributed by atoms with E-state index in [1.54, 1.807) is 18.6 Å². The van der Waals surface area contributed by atoms with Gasteiger partial charge in [-0.25, -0.2) is 0 Å². The van der Waals surface area contributed by atoms with E-state index in [4.69, 9.17) is 14.7 Å². The number of aromatic nitrogens is 2. The second kappa shape index (κ2) is 4.27. The molecule has 0 aliphatic carbocycles. The van der Waals surface area contributed by atoms with Crippen LogP contribution in [0.15, 0.2) is 27.5 Å². The van der Waals surface area contributed by atoms with E-state index in [0.717, 1.165) is 12.0 Å². The van der Waals surface area contributed by atoms with Crippen LogP contribution in [0, 0.1) is 0 Å². The molecule has 2 aromatic rings. The molecule has 5 nitrogen and oxygen atoms in total. The van der Waals surface area contributed by atoms with Crippen molar-refractivity contribution in [2.75, 3.05) is 0 Å². The molecule has 0 bridgehead atoms. The van der Waals surface area contributed by atoms with Gasteiger partial charge in [0.05, 0.1) is 11.8 Å². The summed E-state index contributed by atoms with van der Waals surface area (Å²) in [6.45, 7) is 2.03. The highest BCUT2D eigenvalue weighted by Crippen LogP contribution is 2.17. The van der Waals surface area contributed by atoms with Gasteiger partial charge in [0, 0.05) is 12.5 Å². The molecular weight excluding hydrogens is 194 g/mol. The fraction of sp³-hybridized carbons (Fsp3) is 0.400. The van der Waals surface area contributed by atoms with Crippen LogP contribution >= 0.6 is 0 Å². The minimum absolute atomic E-state index is 0.0831. The third-order valence-corrected chi connectivity index (χ3v) is 2.21. The lowest BCUT2D eigenvalue weighted by atomic mass is 10.2. The summed E-state index contributed by atoms with van der Waals surface area (Å²) in [5.41, 5.74) is 6.58. The monoisotopic (exact) mass is 207 g/mol. The molecule has 0 radical (unpaired) electrons. The Balaban J connectivity index is 2.11. The maximum absolute atomic E-state index is 5.79. The normalized spacial score (nSPS) is 12.9. The van der Waals surface area contributed by atoms with Crippen LogP contribution in [-0.2, 0) is 6.42 Å². The van der Waals surface area contributed by atoms with Gasteiger partial charge in [0.15, 0.2) is 5.82 Å². The fourth-order valence-corrected chi connectivity index (χ4v) is 1.22. The molecule has 1 atom stereocenters. The Kier molecular flexibility index (Phi) is 2.82. The van der Waals surface area contributed by atoms with Gasteiger partial charge in [0.1, 0.15) is 6.26 Å². The largest absolute Gasteiger partial charge is 0.472 e. The van der Waals surface area contributed by atoms with Crippen molar-refractivity contribution in [3.63, 3.8) is 0 Å². The summed E-state index contributed by atoms with van der Waals surface area (Å²) in [7, 11) is 0. The summed E-state index contributed by atoms with van der Waals surface area (Å²) in [4.78, 5) is 4.22. The van der Waals surface area contributed by atoms with E-state index in [1.807, 2.05) is 6.92 Å². The van der Waals surface area contributed by atoms with Crippen LogP contribution in [0.5, 0.6) is 0 Å². The Morgan fingerprint density at radius 1 is 1.53 bits per heavy atom. The zero-order valence-electron chi connectivity index (χ0n) is 8.51. The molecule has 0 aliphatic heterocycles. The van der Waals surface area contributed by atoms with Crippen molar-refractivity contribution in [3.05, 3.63) is 24.4 Å². The van der Waals surface area contributed by atoms with Crippen molar-refractivity contribution < 1.29 is 8.94 Å². The van der Waals surface area contributed by atoms with E-state index in [1.165, 1.54) is 0 Å². The van der Waals surface area contributed by atoms with Gasteiger partial charge >= 0.3 is 0 Å². The van der Waals surface area contributed by atoms with Crippen molar-refractivity contribution in [2.45, 2.75) is 25.8 Å². The minimum atomic E-state index is 0.0831. The SMILES string of the molecule is CCC(N)Cc1noc(-c2ccoc2)n1. The molecule has 2 aromatic heterocycles. The molecular formula is C10H13N3O2. The molecule has 1 unspecified atom stereocenters. The molecule has 0 aliphatic rings. The number of nitrogens with two attached hydrogens (primary N) is 1. The molecule has 2 heterocycles. The van der Waals surface area contributed by atoms with Crippen molar-refractivity contribution in [1.82, 2.24) is 10.1 Å². The molecule has 15 heavy (non-hydrogen) atoms. The molecule has 0 spiro atoms. The van der Waals surface area contributed by atoms with Crippen LogP contribution < -0.4 is 5.73 Å². The van der Waals surface area contributed by atoms with Crippen LogP contribution in [0.3, 0.4) is 0 Å². The quantitative estimate of drug-likeness (QED) is 0.823. The summed E-state index contributed by atoms with van der Waals surface area (Å²) in [5.74, 6) is 1.11. The van der Waals surface area contributed by atoms with E-state index in [-0.39, 0.29) is 6.04 Å². The Bertz CT molecular complexity index is 408. The van der Waals surface area contributed by atoms with E-state index < -0.39 is 0 Å². The number of nitrogens with zero attached hydrogens (tertiary/aromatic N) is 2. The van der Waals surface area contributed by atoms with Gasteiger partial charge in [0.25, 0.3) is 5.89 Å². The minimum Gasteiger partial charge on any atom is -0.472 e. The summed E-state index contributed by atoms with van der Waals surface area (Å²) >= 11 is 0. The molecule has 0 fully saturated rings. The molecule has 2 N–H and O–H groups in total. The van der Waals surface area contributed by atoms with Crippen LogP contribution in [-0.4, -0.2) is 16.2 Å². The lowest BCUT2D eigenvalue weighted by Gasteiger charge is -2.02. The van der Waals surface area contributed by atoms with Crippen LogP contribution in [0.25, 0.3) is 11.5 Å². The second-order valence-electron chi connectivity index (χ2n) is 3.40. The number of hydrogen-bond donors (Lipinski definition) is 1. The van der Waals surface area contributed by atoms with E-state index in [9.17, 15) is 0 Å². The Morgan fingerprint density at radius 3 is 3.07 bits per heavy atom. The van der Waals surface area contributed by atoms with Crippen molar-refractivity contribution in [3.8, 4) is 11.5 Å². The summed E-state index contributed by atoms with van der Waals surface area (Å²) in [5, 5.41) is 3.85. The van der Waals surface area contributed by atoms with Gasteiger partial charge in [0.2, 0.25) is 0 Å². The van der Waals surface area contributed by atoms with Crippen LogP contribution in [0.4, 0.5) is 0 Å². The molecule has 0 saturated heterocycles. The summed E-state index contributed by atoms with van der Waals surface area (Å²) in [6.07, 6.45) is 4.67. The lowest BCUT2D eigenvalue weighted by Crippen LogP contribution is -2.21. The average molecular weight is 207 g/mol. The number of rotatable bonds is 4. The van der Waals surface area contributed by atoms with E-state index >= 15 is 0 Å². The van der Waals surface area contributed by atoms with Crippen molar-refractivity contribution >= 4 is 0 Å². The van der Waals surface area contributed by atoms with E-state index in [0.29, 0.717) is 18.1 Å². The highest BCUT2D eigenvalue weighted by molar-refractivity contribution is 5.49. The topological polar surface area (TPSA) is 78.1 Å². The van der Waals surface area contributed by atoms with Crippen molar-refractivity contribution in [2.24, 2.45) is 5.73 Å². The van der Waals surface area contributed by atoms with Crippen molar-refractivity contribution in [1.29, 1.82) is 0 Å². The smallest absolute Gasteiger partial charge is 0.261 e. The Hall–Kier alpha value is -1.62. The summed E-state index contributed by atoms with van der Waals surface area (Å²) in [6, 6.07) is 1.86. The maximum Gasteiger partial charge on any atom is 0.261 e. The van der Waals surface area contributed by atoms with Gasteiger partial charge in [-0.1, -0.05) is 12.1 Å². The molecule has 80 valence electrons. The first-order chi connectivity index (χ1) is 7.29. The van der Waals surface area contributed by atoms with Crippen LogP contribution in [0.1, 0.15) is 19.2 Å². The molecule has 0 aromatic carbocycles. The first-order valence-corrected chi connectivity index (χ1v) is 4.90. The molecule has 2 rings (SSSR count). The van der Waals surface area contributed by atoms with Gasteiger partial charge in [-0.15, -0.1) is 0 Å². The zero-order chi connectivity index (χ0) is 10.7. The van der Waals surface area contributed by atoms with Gasteiger partial charge in [-0.2, -0.15) is 4.98 Å². The molecule has 5 heteroatoms. The lowest BCUT2D eigenvalue weighted by molar-refractivity contribution is 0.418. The highest BCUT2D eigenvalue weighted by Gasteiger charge is 2.11. The first kappa shape index (κ1) is 9.92. The number of furan rings is 1. The first-order valence-electron chi connectivity index (χ1n) is 4.90. The number of hydrogen-bond acceptors (Lipinski definition) is 5. The predicted octanol–water partition coefficient (Wildman–Crippen LogP) is 1.61. The highest BCUT2D eigenvalue weighted by atomic mass is 16.5. The standard InChI is InChI=1S/C10H13N3O2/c1-2-8(11)5-9-12-10(15-13-9)7-3-4-14-6-7/h3-4,6,8H,2,5,11H2,1H3. The third kappa shape index (κ3) is 2.24. The van der Waals surface area contributed by atoms with Gasteiger partial charge in [-0.05, 0) is 12.5 Å². The Morgan fingerprint density at radius 2 is 2.40 bits per heavy atom. The third-order valence-electron chi connectivity index (χ3n) is 2.21. The molecule has 0 amide bonds. The second-order valence-corrected chi connectivity index (χ2v) is 3.40. The van der Waals surface area contributed by atoms with E-state index in [2.05, 4.69) is 10.1 Å². The predicted molar refractivity (Wildman–Crippen MR) is 54.0 cm³/mol. The molecule has 0 saturated carbocycles. The van der Waals surface area contributed by atoms with Crippen LogP contribution in [0.2, 0.25) is 0 Å². The Labute approximate surface area is 87.3 Å². The fourth-order valence-electron chi connectivity index (χ4n) is 1.22. The summed E-state index contributed by atoms with van der Waals surface area (Å²) < 4.78 is 10.0. The van der Waals surface area contributed by atoms with Gasteiger partial charge < -0.3 is 14.7 Å².